The highest BCUT2D eigenvalue weighted by molar-refractivity contribution is 7.00. The van der Waals surface area contributed by atoms with Crippen LogP contribution in [0, 0.1) is 41.5 Å². The van der Waals surface area contributed by atoms with E-state index in [1.165, 1.54) is 166 Å². The third-order valence-corrected chi connectivity index (χ3v) is 17.2. The maximum absolute atomic E-state index is 2.68. The van der Waals surface area contributed by atoms with E-state index in [0.717, 1.165) is 0 Å². The quantitative estimate of drug-likeness (QED) is 0.147. The minimum Gasteiger partial charge on any atom is -0.310 e. The Hall–Kier alpha value is -8.85. The summed E-state index contributed by atoms with van der Waals surface area (Å²) >= 11 is 0. The topological polar surface area (TPSA) is 9.86 Å². The highest BCUT2D eigenvalue weighted by atomic mass is 15.0. The van der Waals surface area contributed by atoms with Crippen molar-refractivity contribution in [3.8, 4) is 55.9 Å². The molecule has 0 aliphatic carbocycles. The van der Waals surface area contributed by atoms with Crippen molar-refractivity contribution < 1.29 is 0 Å². The second-order valence-corrected chi connectivity index (χ2v) is 21.9. The van der Waals surface area contributed by atoms with E-state index in [2.05, 4.69) is 269 Å². The Balaban J connectivity index is 1.15. The summed E-state index contributed by atoms with van der Waals surface area (Å²) < 4.78 is 5.36. The van der Waals surface area contributed by atoms with E-state index >= 15 is 0 Å². The predicted octanol–water partition coefficient (Wildman–Crippen LogP) is 14.1. The third-order valence-electron chi connectivity index (χ3n) is 17.2. The Bertz CT molecular complexity index is 4230. The number of rotatable bonds is 6. The molecule has 0 bridgehead atoms. The van der Waals surface area contributed by atoms with Crippen LogP contribution in [0.2, 0.25) is 0 Å². The van der Waals surface area contributed by atoms with Crippen LogP contribution >= 0.6 is 0 Å². The number of hydrogen-bond acceptors (Lipinski definition) is 0. The molecule has 358 valence electrons. The summed E-state index contributed by atoms with van der Waals surface area (Å²) in [5.74, 6) is 0. The smallest absolute Gasteiger partial charge is 0.247 e. The standard InChI is InChI=1S/C72H54B2N2/c1-43-35-45(3)69(46(4)36-43)73-59-33-31-55(51-23-15-9-16-24-51)67-57-29-27-53(49-19-11-7-12-20-49)39-63(57)75(71(59)67)65-42-62-66(41-61(65)73)76-64-40-54(50-21-13-8-14-22-50)28-30-58(64)68-56(52-25-17-10-18-26-52)32-34-60(72(68)76)74(62)70-47(5)37-44(2)38-48(70)6/h7-42H,1-6H3. The second-order valence-electron chi connectivity index (χ2n) is 21.9. The monoisotopic (exact) mass is 968 g/mol. The molecule has 4 heterocycles. The molecule has 0 amide bonds. The van der Waals surface area contributed by atoms with Crippen LogP contribution in [0.3, 0.4) is 0 Å². The average molecular weight is 969 g/mol. The van der Waals surface area contributed by atoms with Crippen LogP contribution in [0.15, 0.2) is 218 Å². The van der Waals surface area contributed by atoms with Gasteiger partial charge in [0.2, 0.25) is 13.4 Å². The predicted molar refractivity (Wildman–Crippen MR) is 327 cm³/mol. The molecule has 0 N–H and O–H groups in total. The van der Waals surface area contributed by atoms with Gasteiger partial charge in [-0.25, -0.2) is 0 Å². The van der Waals surface area contributed by atoms with E-state index in [1.54, 1.807) is 0 Å². The molecule has 11 aromatic carbocycles. The van der Waals surface area contributed by atoms with Gasteiger partial charge in [-0.2, -0.15) is 0 Å². The van der Waals surface area contributed by atoms with Gasteiger partial charge in [0.05, 0.1) is 11.0 Å². The fourth-order valence-electron chi connectivity index (χ4n) is 14.4. The number of aromatic nitrogens is 2. The molecule has 0 saturated heterocycles. The van der Waals surface area contributed by atoms with Crippen LogP contribution in [0.1, 0.15) is 33.4 Å². The fraction of sp³-hybridized carbons (Fsp3) is 0.0833. The molecule has 2 aromatic heterocycles. The average Bonchev–Trinajstić information content (AvgIpc) is 3.98. The summed E-state index contributed by atoms with van der Waals surface area (Å²) in [4.78, 5) is 0. The van der Waals surface area contributed by atoms with Crippen molar-refractivity contribution in [1.29, 1.82) is 0 Å². The number of aryl methyl sites for hydroxylation is 6. The highest BCUT2D eigenvalue weighted by Gasteiger charge is 2.42. The first kappa shape index (κ1) is 44.6. The van der Waals surface area contributed by atoms with E-state index in [1.807, 2.05) is 0 Å². The van der Waals surface area contributed by atoms with Gasteiger partial charge >= 0.3 is 0 Å². The summed E-state index contributed by atoms with van der Waals surface area (Å²) in [7, 11) is 0. The Morgan fingerprint density at radius 3 is 0.987 bits per heavy atom. The van der Waals surface area contributed by atoms with Crippen LogP contribution in [0.25, 0.3) is 99.5 Å². The molecule has 2 aliphatic heterocycles. The summed E-state index contributed by atoms with van der Waals surface area (Å²) in [5.41, 5.74) is 33.4. The summed E-state index contributed by atoms with van der Waals surface area (Å²) in [5, 5.41) is 5.15. The molecule has 0 unspecified atom stereocenters. The van der Waals surface area contributed by atoms with Crippen molar-refractivity contribution in [2.75, 3.05) is 0 Å². The normalized spacial score (nSPS) is 12.6. The van der Waals surface area contributed by atoms with E-state index < -0.39 is 0 Å². The zero-order chi connectivity index (χ0) is 51.1. The van der Waals surface area contributed by atoms with Gasteiger partial charge in [0.25, 0.3) is 0 Å². The summed E-state index contributed by atoms with van der Waals surface area (Å²) in [6, 6.07) is 83.0. The summed E-state index contributed by atoms with van der Waals surface area (Å²) in [6.45, 7) is 13.8. The lowest BCUT2D eigenvalue weighted by Crippen LogP contribution is -2.61. The van der Waals surface area contributed by atoms with Crippen LogP contribution < -0.4 is 32.8 Å². The van der Waals surface area contributed by atoms with Crippen LogP contribution in [-0.2, 0) is 0 Å². The Morgan fingerprint density at radius 2 is 0.632 bits per heavy atom. The van der Waals surface area contributed by atoms with E-state index in [-0.39, 0.29) is 13.4 Å². The Labute approximate surface area is 445 Å². The highest BCUT2D eigenvalue weighted by Crippen LogP contribution is 2.44. The molecule has 13 aromatic rings. The van der Waals surface area contributed by atoms with Crippen molar-refractivity contribution >= 4 is 89.8 Å². The first-order chi connectivity index (χ1) is 37.2. The number of hydrogen-bond donors (Lipinski definition) is 0. The molecule has 76 heavy (non-hydrogen) atoms. The van der Waals surface area contributed by atoms with Gasteiger partial charge < -0.3 is 9.13 Å². The lowest BCUT2D eigenvalue weighted by Gasteiger charge is -2.34. The van der Waals surface area contributed by atoms with Crippen LogP contribution in [0.4, 0.5) is 0 Å². The van der Waals surface area contributed by atoms with Gasteiger partial charge in [0, 0.05) is 44.0 Å². The molecular formula is C72H54B2N2. The molecule has 0 atom stereocenters. The van der Waals surface area contributed by atoms with Crippen LogP contribution in [0.5, 0.6) is 0 Å². The van der Waals surface area contributed by atoms with Crippen molar-refractivity contribution in [3.63, 3.8) is 0 Å². The first-order valence-corrected chi connectivity index (χ1v) is 27.0. The SMILES string of the molecule is Cc1cc(C)c(B2c3cc4c(cc3-n3c5cc(-c6ccccc6)ccc5c5c(-c6ccccc6)ccc2c53)B(c2c(C)cc(C)cc2C)c2ccc(-c3ccccc3)c3c5ccc(-c6ccccc6)cc5n-4c23)c(C)c1. The van der Waals surface area contributed by atoms with Gasteiger partial charge in [-0.05, 0) is 132 Å². The number of benzene rings is 11. The molecular weight excluding hydrogens is 914 g/mol. The molecule has 0 radical (unpaired) electrons. The largest absolute Gasteiger partial charge is 0.310 e. The summed E-state index contributed by atoms with van der Waals surface area (Å²) in [6.07, 6.45) is 0. The molecule has 2 aliphatic rings. The zero-order valence-corrected chi connectivity index (χ0v) is 43.8. The van der Waals surface area contributed by atoms with Gasteiger partial charge in [-0.15, -0.1) is 0 Å². The van der Waals surface area contributed by atoms with E-state index in [4.69, 9.17) is 0 Å². The molecule has 0 saturated carbocycles. The minimum atomic E-state index is -0.0471. The van der Waals surface area contributed by atoms with Crippen molar-refractivity contribution in [3.05, 3.63) is 252 Å². The lowest BCUT2D eigenvalue weighted by molar-refractivity contribution is 1.16. The van der Waals surface area contributed by atoms with Crippen molar-refractivity contribution in [1.82, 2.24) is 9.13 Å². The van der Waals surface area contributed by atoms with Gasteiger partial charge in [0.15, 0.2) is 0 Å². The third kappa shape index (κ3) is 6.50. The molecule has 15 rings (SSSR count). The maximum atomic E-state index is 2.68. The lowest BCUT2D eigenvalue weighted by atomic mass is 9.32. The first-order valence-electron chi connectivity index (χ1n) is 27.0. The Morgan fingerprint density at radius 1 is 0.289 bits per heavy atom. The van der Waals surface area contributed by atoms with E-state index in [9.17, 15) is 0 Å². The van der Waals surface area contributed by atoms with Gasteiger partial charge in [-0.3, -0.25) is 0 Å². The van der Waals surface area contributed by atoms with Gasteiger partial charge in [0.1, 0.15) is 0 Å². The molecule has 2 nitrogen and oxygen atoms in total. The minimum absolute atomic E-state index is 0.0471. The van der Waals surface area contributed by atoms with E-state index in [0.29, 0.717) is 0 Å². The second kappa shape index (κ2) is 16.8. The maximum Gasteiger partial charge on any atom is 0.247 e. The Kier molecular flexibility index (Phi) is 9.88. The van der Waals surface area contributed by atoms with Gasteiger partial charge in [-0.1, -0.05) is 238 Å². The van der Waals surface area contributed by atoms with Crippen molar-refractivity contribution in [2.45, 2.75) is 41.5 Å². The molecule has 0 spiro atoms. The van der Waals surface area contributed by atoms with Crippen LogP contribution in [-0.4, -0.2) is 22.6 Å². The zero-order valence-electron chi connectivity index (χ0n) is 43.8. The molecule has 4 heteroatoms. The number of nitrogens with zero attached hydrogens (tertiary/aromatic N) is 2. The number of fused-ring (bicyclic) bond motifs is 10. The fourth-order valence-corrected chi connectivity index (χ4v) is 14.4. The molecule has 0 fully saturated rings. The van der Waals surface area contributed by atoms with Crippen molar-refractivity contribution in [2.24, 2.45) is 0 Å².